The molecule has 0 radical (unpaired) electrons. The first-order valence-electron chi connectivity index (χ1n) is 4.90. The highest BCUT2D eigenvalue weighted by atomic mass is 16.6. The average molecular weight is 197 g/mol. The lowest BCUT2D eigenvalue weighted by atomic mass is 10.1. The Morgan fingerprint density at radius 2 is 1.86 bits per heavy atom. The molecule has 1 aromatic heterocycles. The van der Waals surface area contributed by atoms with Crippen molar-refractivity contribution < 1.29 is 4.84 Å². The van der Waals surface area contributed by atoms with E-state index in [1.165, 1.54) is 0 Å². The fraction of sp³-hybridized carbons (Fsp3) is 0.700. The van der Waals surface area contributed by atoms with Crippen molar-refractivity contribution in [3.8, 4) is 0 Å². The molecule has 0 aliphatic rings. The van der Waals surface area contributed by atoms with Gasteiger partial charge in [-0.3, -0.25) is 9.52 Å². The molecule has 80 valence electrons. The zero-order valence-electron chi connectivity index (χ0n) is 9.53. The van der Waals surface area contributed by atoms with Crippen LogP contribution in [-0.4, -0.2) is 9.78 Å². The normalized spacial score (nSPS) is 13.6. The highest BCUT2D eigenvalue weighted by molar-refractivity contribution is 5.27. The van der Waals surface area contributed by atoms with Crippen molar-refractivity contribution in [2.75, 3.05) is 0 Å². The maximum atomic E-state index is 5.19. The van der Waals surface area contributed by atoms with E-state index in [4.69, 9.17) is 10.7 Å². The quantitative estimate of drug-likeness (QED) is 0.754. The van der Waals surface area contributed by atoms with Gasteiger partial charge >= 0.3 is 0 Å². The number of hydrogen-bond donors (Lipinski definition) is 1. The molecule has 2 N–H and O–H groups in total. The maximum absolute atomic E-state index is 5.19. The van der Waals surface area contributed by atoms with Gasteiger partial charge in [0.25, 0.3) is 0 Å². The van der Waals surface area contributed by atoms with Crippen LogP contribution in [0.2, 0.25) is 0 Å². The minimum absolute atomic E-state index is 0.0949. The zero-order valence-corrected chi connectivity index (χ0v) is 9.53. The minimum Gasteiger partial charge on any atom is -0.297 e. The standard InChI is InChI=1S/C10H19N3O/c1-6(2)13-8(4)10(7(3)12-13)9(5)14-11/h6,9H,11H2,1-5H3. The van der Waals surface area contributed by atoms with Crippen LogP contribution >= 0.6 is 0 Å². The van der Waals surface area contributed by atoms with E-state index in [0.29, 0.717) is 6.04 Å². The van der Waals surface area contributed by atoms with Crippen LogP contribution in [0.4, 0.5) is 0 Å². The zero-order chi connectivity index (χ0) is 10.9. The van der Waals surface area contributed by atoms with Gasteiger partial charge in [0.1, 0.15) is 6.10 Å². The van der Waals surface area contributed by atoms with Gasteiger partial charge in [-0.05, 0) is 34.6 Å². The van der Waals surface area contributed by atoms with E-state index < -0.39 is 0 Å². The SMILES string of the molecule is Cc1nn(C(C)C)c(C)c1C(C)ON. The highest BCUT2D eigenvalue weighted by Crippen LogP contribution is 2.24. The van der Waals surface area contributed by atoms with Crippen LogP contribution in [0, 0.1) is 13.8 Å². The van der Waals surface area contributed by atoms with E-state index >= 15 is 0 Å². The number of rotatable bonds is 3. The van der Waals surface area contributed by atoms with E-state index in [1.807, 2.05) is 25.5 Å². The van der Waals surface area contributed by atoms with Gasteiger partial charge in [-0.1, -0.05) is 0 Å². The summed E-state index contributed by atoms with van der Waals surface area (Å²) >= 11 is 0. The fourth-order valence-corrected chi connectivity index (χ4v) is 1.83. The Kier molecular flexibility index (Phi) is 3.29. The van der Waals surface area contributed by atoms with E-state index in [-0.39, 0.29) is 6.10 Å². The third kappa shape index (κ3) is 1.81. The fourth-order valence-electron chi connectivity index (χ4n) is 1.83. The molecule has 0 aliphatic carbocycles. The third-order valence-electron chi connectivity index (χ3n) is 2.48. The predicted octanol–water partition coefficient (Wildman–Crippen LogP) is 2.03. The van der Waals surface area contributed by atoms with Crippen LogP contribution in [0.15, 0.2) is 0 Å². The van der Waals surface area contributed by atoms with Crippen LogP contribution < -0.4 is 5.90 Å². The molecule has 1 rings (SSSR count). The lowest BCUT2D eigenvalue weighted by Gasteiger charge is -2.11. The van der Waals surface area contributed by atoms with Crippen molar-refractivity contribution >= 4 is 0 Å². The molecule has 1 unspecified atom stereocenters. The molecule has 1 atom stereocenters. The first kappa shape index (κ1) is 11.2. The first-order chi connectivity index (χ1) is 6.49. The number of hydrogen-bond acceptors (Lipinski definition) is 3. The Hall–Kier alpha value is -0.870. The van der Waals surface area contributed by atoms with Crippen LogP contribution in [-0.2, 0) is 4.84 Å². The highest BCUT2D eigenvalue weighted by Gasteiger charge is 2.18. The summed E-state index contributed by atoms with van der Waals surface area (Å²) in [5.41, 5.74) is 3.23. The van der Waals surface area contributed by atoms with Crippen molar-refractivity contribution in [2.45, 2.75) is 46.8 Å². The molecule has 0 spiro atoms. The molecular formula is C10H19N3O. The summed E-state index contributed by atoms with van der Waals surface area (Å²) in [5.74, 6) is 5.19. The summed E-state index contributed by atoms with van der Waals surface area (Å²) in [6.07, 6.45) is -0.0949. The molecule has 0 aromatic carbocycles. The van der Waals surface area contributed by atoms with Crippen LogP contribution in [0.25, 0.3) is 0 Å². The second-order valence-corrected chi connectivity index (χ2v) is 3.90. The van der Waals surface area contributed by atoms with Crippen molar-refractivity contribution in [3.05, 3.63) is 17.0 Å². The summed E-state index contributed by atoms with van der Waals surface area (Å²) in [6.45, 7) is 10.2. The van der Waals surface area contributed by atoms with Gasteiger partial charge in [-0.15, -0.1) is 0 Å². The van der Waals surface area contributed by atoms with E-state index in [1.54, 1.807) is 0 Å². The van der Waals surface area contributed by atoms with Crippen LogP contribution in [0.3, 0.4) is 0 Å². The lowest BCUT2D eigenvalue weighted by molar-refractivity contribution is 0.0654. The van der Waals surface area contributed by atoms with Crippen molar-refractivity contribution in [1.82, 2.24) is 9.78 Å². The molecule has 0 bridgehead atoms. The van der Waals surface area contributed by atoms with Crippen molar-refractivity contribution in [2.24, 2.45) is 5.90 Å². The largest absolute Gasteiger partial charge is 0.297 e. The van der Waals surface area contributed by atoms with Crippen LogP contribution in [0.5, 0.6) is 0 Å². The Balaban J connectivity index is 3.17. The van der Waals surface area contributed by atoms with Gasteiger partial charge in [0.05, 0.1) is 5.69 Å². The first-order valence-corrected chi connectivity index (χ1v) is 4.90. The Labute approximate surface area is 85.0 Å². The minimum atomic E-state index is -0.0949. The molecule has 4 heteroatoms. The number of aromatic nitrogens is 2. The second-order valence-electron chi connectivity index (χ2n) is 3.90. The molecular weight excluding hydrogens is 178 g/mol. The average Bonchev–Trinajstić information content (AvgIpc) is 2.41. The molecule has 0 saturated carbocycles. The molecule has 0 aliphatic heterocycles. The summed E-state index contributed by atoms with van der Waals surface area (Å²) in [4.78, 5) is 4.84. The van der Waals surface area contributed by atoms with Crippen LogP contribution in [0.1, 0.15) is 49.9 Å². The number of nitrogens with two attached hydrogens (primary N) is 1. The molecule has 4 nitrogen and oxygen atoms in total. The molecule has 0 saturated heterocycles. The summed E-state index contributed by atoms with van der Waals surface area (Å²) in [6, 6.07) is 0.368. The van der Waals surface area contributed by atoms with Gasteiger partial charge < -0.3 is 0 Å². The van der Waals surface area contributed by atoms with Crippen molar-refractivity contribution in [1.29, 1.82) is 0 Å². The van der Waals surface area contributed by atoms with E-state index in [9.17, 15) is 0 Å². The van der Waals surface area contributed by atoms with Gasteiger partial charge in [0.15, 0.2) is 0 Å². The van der Waals surface area contributed by atoms with Gasteiger partial charge in [-0.25, -0.2) is 5.90 Å². The Bertz CT molecular complexity index is 317. The molecule has 0 fully saturated rings. The van der Waals surface area contributed by atoms with Gasteiger partial charge in [0, 0.05) is 17.3 Å². The van der Waals surface area contributed by atoms with E-state index in [2.05, 4.69) is 18.9 Å². The topological polar surface area (TPSA) is 53.1 Å². The summed E-state index contributed by atoms with van der Waals surface area (Å²) in [5, 5.41) is 4.46. The second kappa shape index (κ2) is 4.11. The summed E-state index contributed by atoms with van der Waals surface area (Å²) < 4.78 is 2.00. The van der Waals surface area contributed by atoms with E-state index in [0.717, 1.165) is 17.0 Å². The third-order valence-corrected chi connectivity index (χ3v) is 2.48. The lowest BCUT2D eigenvalue weighted by Crippen LogP contribution is -2.09. The summed E-state index contributed by atoms with van der Waals surface area (Å²) in [7, 11) is 0. The number of nitrogens with zero attached hydrogens (tertiary/aromatic N) is 2. The molecule has 0 amide bonds. The van der Waals surface area contributed by atoms with Gasteiger partial charge in [-0.2, -0.15) is 5.10 Å². The van der Waals surface area contributed by atoms with Gasteiger partial charge in [0.2, 0.25) is 0 Å². The molecule has 14 heavy (non-hydrogen) atoms. The maximum Gasteiger partial charge on any atom is 0.104 e. The Morgan fingerprint density at radius 3 is 2.21 bits per heavy atom. The number of aryl methyl sites for hydroxylation is 1. The predicted molar refractivity (Wildman–Crippen MR) is 55.8 cm³/mol. The molecule has 1 aromatic rings. The van der Waals surface area contributed by atoms with Crippen molar-refractivity contribution in [3.63, 3.8) is 0 Å². The molecule has 1 heterocycles. The Morgan fingerprint density at radius 1 is 1.29 bits per heavy atom. The monoisotopic (exact) mass is 197 g/mol. The smallest absolute Gasteiger partial charge is 0.104 e.